The number of methoxy groups -OCH3 is 1. The molecule has 14 heavy (non-hydrogen) atoms. The number of ether oxygens (including phenoxy) is 1. The van der Waals surface area contributed by atoms with Crippen molar-refractivity contribution in [2.75, 3.05) is 7.11 Å². The van der Waals surface area contributed by atoms with E-state index < -0.39 is 11.9 Å². The molecule has 1 aromatic carbocycles. The van der Waals surface area contributed by atoms with Crippen molar-refractivity contribution in [1.29, 1.82) is 0 Å². The van der Waals surface area contributed by atoms with Crippen LogP contribution in [0.2, 0.25) is 0 Å². The summed E-state index contributed by atoms with van der Waals surface area (Å²) in [5.74, 6) is -1.78. The largest absolute Gasteiger partial charge is 0.478 e. The van der Waals surface area contributed by atoms with Gasteiger partial charge in [0.05, 0.1) is 18.2 Å². The minimum absolute atomic E-state index is 0. The molecule has 1 N–H and O–H groups in total. The highest BCUT2D eigenvalue weighted by Crippen LogP contribution is 2.09. The normalized spacial score (nSPS) is 8.64. The number of benzene rings is 1. The second-order valence-electron chi connectivity index (χ2n) is 2.34. The predicted molar refractivity (Wildman–Crippen MR) is 52.0 cm³/mol. The summed E-state index contributed by atoms with van der Waals surface area (Å²) in [6.45, 7) is 0. The van der Waals surface area contributed by atoms with E-state index in [4.69, 9.17) is 5.11 Å². The SMILES string of the molecule is COC(=O)c1ccccc1C(=O)O.Cl. The number of rotatable bonds is 2. The molecule has 0 atom stereocenters. The number of halogens is 1. The van der Waals surface area contributed by atoms with Gasteiger partial charge in [-0.15, -0.1) is 12.4 Å². The van der Waals surface area contributed by atoms with Gasteiger partial charge in [-0.25, -0.2) is 9.59 Å². The molecule has 0 unspecified atom stereocenters. The molecule has 0 bridgehead atoms. The van der Waals surface area contributed by atoms with Crippen molar-refractivity contribution in [3.63, 3.8) is 0 Å². The standard InChI is InChI=1S/C9H8O4.ClH/c1-13-9(12)7-5-3-2-4-6(7)8(10)11;/h2-5H,1H3,(H,10,11);1H. The van der Waals surface area contributed by atoms with Gasteiger partial charge in [-0.05, 0) is 12.1 Å². The Morgan fingerprint density at radius 3 is 2.14 bits per heavy atom. The molecule has 0 spiro atoms. The van der Waals surface area contributed by atoms with Crippen LogP contribution >= 0.6 is 12.4 Å². The third kappa shape index (κ3) is 2.47. The first kappa shape index (κ1) is 12.4. The van der Waals surface area contributed by atoms with Crippen molar-refractivity contribution in [3.8, 4) is 0 Å². The fourth-order valence-electron chi connectivity index (χ4n) is 0.958. The summed E-state index contributed by atoms with van der Waals surface area (Å²) in [6, 6.07) is 5.90. The van der Waals surface area contributed by atoms with Crippen molar-refractivity contribution in [2.24, 2.45) is 0 Å². The Kier molecular flexibility index (Phi) is 4.66. The first-order valence-corrected chi connectivity index (χ1v) is 3.57. The smallest absolute Gasteiger partial charge is 0.338 e. The third-order valence-electron chi connectivity index (χ3n) is 1.56. The van der Waals surface area contributed by atoms with Crippen molar-refractivity contribution in [3.05, 3.63) is 35.4 Å². The van der Waals surface area contributed by atoms with Gasteiger partial charge in [0, 0.05) is 0 Å². The van der Waals surface area contributed by atoms with Gasteiger partial charge < -0.3 is 9.84 Å². The lowest BCUT2D eigenvalue weighted by molar-refractivity contribution is 0.0582. The molecule has 1 rings (SSSR count). The summed E-state index contributed by atoms with van der Waals surface area (Å²) in [5.41, 5.74) is 0.0202. The van der Waals surface area contributed by atoms with Crippen LogP contribution < -0.4 is 0 Å². The summed E-state index contributed by atoms with van der Waals surface area (Å²) in [5, 5.41) is 8.70. The molecule has 0 saturated carbocycles. The summed E-state index contributed by atoms with van der Waals surface area (Å²) >= 11 is 0. The van der Waals surface area contributed by atoms with Crippen LogP contribution in [0.25, 0.3) is 0 Å². The highest BCUT2D eigenvalue weighted by molar-refractivity contribution is 6.02. The summed E-state index contributed by atoms with van der Waals surface area (Å²) in [6.07, 6.45) is 0. The van der Waals surface area contributed by atoms with E-state index >= 15 is 0 Å². The Morgan fingerprint density at radius 1 is 1.21 bits per heavy atom. The highest BCUT2D eigenvalue weighted by Gasteiger charge is 2.15. The van der Waals surface area contributed by atoms with Crippen molar-refractivity contribution in [1.82, 2.24) is 0 Å². The first-order valence-electron chi connectivity index (χ1n) is 3.57. The van der Waals surface area contributed by atoms with Crippen LogP contribution in [0.5, 0.6) is 0 Å². The molecule has 4 nitrogen and oxygen atoms in total. The number of hydrogen-bond donors (Lipinski definition) is 1. The third-order valence-corrected chi connectivity index (χ3v) is 1.56. The number of hydrogen-bond acceptors (Lipinski definition) is 3. The maximum absolute atomic E-state index is 11.1. The van der Waals surface area contributed by atoms with Crippen LogP contribution in [0, 0.1) is 0 Å². The highest BCUT2D eigenvalue weighted by atomic mass is 35.5. The van der Waals surface area contributed by atoms with Gasteiger partial charge in [0.2, 0.25) is 0 Å². The zero-order valence-corrected chi connectivity index (χ0v) is 8.21. The van der Waals surface area contributed by atoms with E-state index in [1.165, 1.54) is 19.2 Å². The number of esters is 1. The summed E-state index contributed by atoms with van der Waals surface area (Å²) in [7, 11) is 1.21. The van der Waals surface area contributed by atoms with Crippen LogP contribution in [0.15, 0.2) is 24.3 Å². The average Bonchev–Trinajstić information content (AvgIpc) is 2.16. The van der Waals surface area contributed by atoms with E-state index in [9.17, 15) is 9.59 Å². The van der Waals surface area contributed by atoms with Crippen LogP contribution in [-0.4, -0.2) is 24.2 Å². The molecule has 0 aliphatic heterocycles. The van der Waals surface area contributed by atoms with Gasteiger partial charge in [0.15, 0.2) is 0 Å². The second-order valence-corrected chi connectivity index (χ2v) is 2.34. The molecule has 0 amide bonds. The number of carbonyl (C=O) groups is 2. The Labute approximate surface area is 86.9 Å². The molecule has 0 saturated heterocycles. The van der Waals surface area contributed by atoms with Crippen molar-refractivity contribution < 1.29 is 19.4 Å². The molecular weight excluding hydrogens is 208 g/mol. The number of carbonyl (C=O) groups excluding carboxylic acids is 1. The van der Waals surface area contributed by atoms with Gasteiger partial charge in [-0.3, -0.25) is 0 Å². The topological polar surface area (TPSA) is 63.6 Å². The number of carboxylic acids is 1. The minimum Gasteiger partial charge on any atom is -0.478 e. The quantitative estimate of drug-likeness (QED) is 0.763. The van der Waals surface area contributed by atoms with Gasteiger partial charge in [-0.1, -0.05) is 12.1 Å². The molecule has 0 aliphatic carbocycles. The molecule has 1 aromatic rings. The molecule has 0 fully saturated rings. The molecule has 0 radical (unpaired) electrons. The van der Waals surface area contributed by atoms with E-state index in [2.05, 4.69) is 4.74 Å². The van der Waals surface area contributed by atoms with E-state index in [0.717, 1.165) is 0 Å². The lowest BCUT2D eigenvalue weighted by atomic mass is 10.1. The molecular formula is C9H9ClO4. The van der Waals surface area contributed by atoms with Crippen LogP contribution in [-0.2, 0) is 4.74 Å². The molecule has 0 heterocycles. The van der Waals surface area contributed by atoms with E-state index in [-0.39, 0.29) is 23.5 Å². The lowest BCUT2D eigenvalue weighted by Crippen LogP contribution is -2.09. The lowest BCUT2D eigenvalue weighted by Gasteiger charge is -2.02. The minimum atomic E-state index is -1.14. The zero-order valence-electron chi connectivity index (χ0n) is 7.39. The fourth-order valence-corrected chi connectivity index (χ4v) is 0.958. The van der Waals surface area contributed by atoms with Crippen LogP contribution in [0.4, 0.5) is 0 Å². The molecule has 0 aliphatic rings. The first-order chi connectivity index (χ1) is 6.16. The predicted octanol–water partition coefficient (Wildman–Crippen LogP) is 1.59. The maximum Gasteiger partial charge on any atom is 0.338 e. The van der Waals surface area contributed by atoms with E-state index in [1.807, 2.05) is 0 Å². The Balaban J connectivity index is 0.00000169. The van der Waals surface area contributed by atoms with Crippen LogP contribution in [0.3, 0.4) is 0 Å². The maximum atomic E-state index is 11.1. The van der Waals surface area contributed by atoms with E-state index in [0.29, 0.717) is 0 Å². The second kappa shape index (κ2) is 5.24. The molecule has 5 heteroatoms. The Hall–Kier alpha value is -1.55. The summed E-state index contributed by atoms with van der Waals surface area (Å²) < 4.78 is 4.42. The molecule has 76 valence electrons. The van der Waals surface area contributed by atoms with Gasteiger partial charge in [0.1, 0.15) is 0 Å². The van der Waals surface area contributed by atoms with Gasteiger partial charge in [0.25, 0.3) is 0 Å². The Morgan fingerprint density at radius 2 is 1.71 bits per heavy atom. The number of carboxylic acid groups (broad SMARTS) is 1. The average molecular weight is 217 g/mol. The fraction of sp³-hybridized carbons (Fsp3) is 0.111. The Bertz CT molecular complexity index is 348. The van der Waals surface area contributed by atoms with Gasteiger partial charge >= 0.3 is 11.9 Å². The van der Waals surface area contributed by atoms with Crippen LogP contribution in [0.1, 0.15) is 20.7 Å². The number of aromatic carboxylic acids is 1. The molecule has 0 aromatic heterocycles. The monoisotopic (exact) mass is 216 g/mol. The van der Waals surface area contributed by atoms with Crippen molar-refractivity contribution in [2.45, 2.75) is 0 Å². The summed E-state index contributed by atoms with van der Waals surface area (Å²) in [4.78, 5) is 21.7. The zero-order chi connectivity index (χ0) is 9.84. The van der Waals surface area contributed by atoms with Crippen molar-refractivity contribution >= 4 is 24.3 Å². The van der Waals surface area contributed by atoms with E-state index in [1.54, 1.807) is 12.1 Å². The van der Waals surface area contributed by atoms with Gasteiger partial charge in [-0.2, -0.15) is 0 Å².